The number of nitrogens with one attached hydrogen (secondary N) is 1. The molecule has 0 spiro atoms. The van der Waals surface area contributed by atoms with E-state index in [1.54, 1.807) is 68.6 Å². The van der Waals surface area contributed by atoms with Crippen LogP contribution in [0.15, 0.2) is 88.9 Å². The summed E-state index contributed by atoms with van der Waals surface area (Å²) in [5.41, 5.74) is 4.22. The van der Waals surface area contributed by atoms with Crippen LogP contribution in [0, 0.1) is 3.57 Å². The van der Waals surface area contributed by atoms with Gasteiger partial charge in [0.1, 0.15) is 12.3 Å². The molecule has 9 heteroatoms. The topological polar surface area (TPSA) is 88.1 Å². The molecule has 32 heavy (non-hydrogen) atoms. The highest BCUT2D eigenvalue weighted by atomic mass is 127. The van der Waals surface area contributed by atoms with E-state index >= 15 is 0 Å². The van der Waals surface area contributed by atoms with Crippen LogP contribution >= 0.6 is 22.6 Å². The molecule has 1 amide bonds. The van der Waals surface area contributed by atoms with Crippen molar-refractivity contribution in [3.8, 4) is 5.75 Å². The third-order valence-corrected chi connectivity index (χ3v) is 7.10. The average Bonchev–Trinajstić information content (AvgIpc) is 2.82. The SMILES string of the molecule is COc1ccc(/C(C)=N\NC(=O)CN(c2ccc(I)cc2)S(=O)(=O)c2ccccc2)cc1. The predicted molar refractivity (Wildman–Crippen MR) is 133 cm³/mol. The van der Waals surface area contributed by atoms with Gasteiger partial charge in [-0.1, -0.05) is 18.2 Å². The molecule has 0 heterocycles. The second kappa shape index (κ2) is 10.6. The highest BCUT2D eigenvalue weighted by Gasteiger charge is 2.27. The summed E-state index contributed by atoms with van der Waals surface area (Å²) in [6.07, 6.45) is 0. The Kier molecular flexibility index (Phi) is 7.86. The van der Waals surface area contributed by atoms with Crippen LogP contribution in [0.4, 0.5) is 5.69 Å². The minimum absolute atomic E-state index is 0.101. The van der Waals surface area contributed by atoms with Crippen LogP contribution in [0.2, 0.25) is 0 Å². The van der Waals surface area contributed by atoms with E-state index in [0.717, 1.165) is 13.4 Å². The lowest BCUT2D eigenvalue weighted by molar-refractivity contribution is -0.119. The molecule has 0 saturated carbocycles. The molecular weight excluding hydrogens is 541 g/mol. The number of nitrogens with zero attached hydrogens (tertiary/aromatic N) is 2. The van der Waals surface area contributed by atoms with Gasteiger partial charge in [-0.05, 0) is 95.7 Å². The summed E-state index contributed by atoms with van der Waals surface area (Å²) >= 11 is 2.14. The number of halogens is 1. The van der Waals surface area contributed by atoms with Gasteiger partial charge in [0.2, 0.25) is 0 Å². The lowest BCUT2D eigenvalue weighted by Gasteiger charge is -2.23. The number of benzene rings is 3. The van der Waals surface area contributed by atoms with Crippen molar-refractivity contribution >= 4 is 49.9 Å². The maximum atomic E-state index is 13.3. The zero-order valence-electron chi connectivity index (χ0n) is 17.5. The number of amides is 1. The molecule has 0 aliphatic rings. The Morgan fingerprint density at radius 2 is 1.62 bits per heavy atom. The summed E-state index contributed by atoms with van der Waals surface area (Å²) in [4.78, 5) is 12.8. The maximum absolute atomic E-state index is 13.3. The normalized spacial score (nSPS) is 11.7. The molecule has 0 atom stereocenters. The van der Waals surface area contributed by atoms with Crippen molar-refractivity contribution in [2.45, 2.75) is 11.8 Å². The molecule has 3 aromatic rings. The molecule has 0 fully saturated rings. The summed E-state index contributed by atoms with van der Waals surface area (Å²) in [6, 6.07) is 22.1. The number of rotatable bonds is 8. The van der Waals surface area contributed by atoms with Crippen molar-refractivity contribution < 1.29 is 17.9 Å². The van der Waals surface area contributed by atoms with E-state index in [4.69, 9.17) is 4.74 Å². The molecule has 0 saturated heterocycles. The van der Waals surface area contributed by atoms with Crippen molar-refractivity contribution in [2.24, 2.45) is 5.10 Å². The number of ether oxygens (including phenoxy) is 1. The lowest BCUT2D eigenvalue weighted by atomic mass is 10.1. The fraction of sp³-hybridized carbons (Fsp3) is 0.130. The van der Waals surface area contributed by atoms with Gasteiger partial charge in [0.15, 0.2) is 0 Å². The number of hydrogen-bond donors (Lipinski definition) is 1. The van der Waals surface area contributed by atoms with Crippen molar-refractivity contribution in [1.29, 1.82) is 0 Å². The number of hydrazone groups is 1. The second-order valence-corrected chi connectivity index (χ2v) is 9.87. The number of sulfonamides is 1. The number of methoxy groups -OCH3 is 1. The minimum atomic E-state index is -3.95. The third-order valence-electron chi connectivity index (χ3n) is 4.59. The number of hydrogen-bond acceptors (Lipinski definition) is 5. The number of carbonyl (C=O) groups excluding carboxylic acids is 1. The molecule has 0 radical (unpaired) electrons. The van der Waals surface area contributed by atoms with Gasteiger partial charge in [0, 0.05) is 3.57 Å². The molecule has 0 aromatic heterocycles. The van der Waals surface area contributed by atoms with E-state index in [2.05, 4.69) is 33.1 Å². The minimum Gasteiger partial charge on any atom is -0.497 e. The van der Waals surface area contributed by atoms with Gasteiger partial charge in [-0.15, -0.1) is 0 Å². The highest BCUT2D eigenvalue weighted by molar-refractivity contribution is 14.1. The van der Waals surface area contributed by atoms with Crippen molar-refractivity contribution in [1.82, 2.24) is 5.43 Å². The van der Waals surface area contributed by atoms with Crippen molar-refractivity contribution in [3.05, 3.63) is 88.0 Å². The van der Waals surface area contributed by atoms with Crippen LogP contribution < -0.4 is 14.5 Å². The zero-order valence-corrected chi connectivity index (χ0v) is 20.5. The first-order valence-corrected chi connectivity index (χ1v) is 12.1. The van der Waals surface area contributed by atoms with Gasteiger partial charge in [-0.3, -0.25) is 9.10 Å². The standard InChI is InChI=1S/C23H22IN3O4S/c1-17(18-8-14-21(31-2)15-9-18)25-26-23(28)16-27(20-12-10-19(24)11-13-20)32(29,30)22-6-4-3-5-7-22/h3-15H,16H2,1-2H3,(H,26,28)/b25-17-. The highest BCUT2D eigenvalue weighted by Crippen LogP contribution is 2.24. The fourth-order valence-electron chi connectivity index (χ4n) is 2.85. The summed E-state index contributed by atoms with van der Waals surface area (Å²) in [5, 5.41) is 4.12. The Balaban J connectivity index is 1.82. The number of carbonyl (C=O) groups is 1. The van der Waals surface area contributed by atoms with Gasteiger partial charge in [0.05, 0.1) is 23.4 Å². The summed E-state index contributed by atoms with van der Waals surface area (Å²) < 4.78 is 33.7. The monoisotopic (exact) mass is 563 g/mol. The van der Waals surface area contributed by atoms with Crippen molar-refractivity contribution in [2.75, 3.05) is 18.0 Å². The average molecular weight is 563 g/mol. The maximum Gasteiger partial charge on any atom is 0.264 e. The molecule has 7 nitrogen and oxygen atoms in total. The van der Waals surface area contributed by atoms with E-state index in [-0.39, 0.29) is 4.90 Å². The molecule has 166 valence electrons. The zero-order chi connectivity index (χ0) is 23.1. The molecular formula is C23H22IN3O4S. The van der Waals surface area contributed by atoms with Crippen LogP contribution in [0.5, 0.6) is 5.75 Å². The van der Waals surface area contributed by atoms with Gasteiger partial charge in [0.25, 0.3) is 15.9 Å². The van der Waals surface area contributed by atoms with Gasteiger partial charge in [-0.2, -0.15) is 5.10 Å². The molecule has 0 unspecified atom stereocenters. The molecule has 3 rings (SSSR count). The summed E-state index contributed by atoms with van der Waals surface area (Å²) in [6.45, 7) is 1.33. The summed E-state index contributed by atoms with van der Waals surface area (Å²) in [5.74, 6) is 0.154. The van der Waals surface area contributed by atoms with Gasteiger partial charge < -0.3 is 4.74 Å². The smallest absolute Gasteiger partial charge is 0.264 e. The van der Waals surface area contributed by atoms with Crippen molar-refractivity contribution in [3.63, 3.8) is 0 Å². The largest absolute Gasteiger partial charge is 0.497 e. The summed E-state index contributed by atoms with van der Waals surface area (Å²) in [7, 11) is -2.37. The third kappa shape index (κ3) is 5.86. The molecule has 1 N–H and O–H groups in total. The first kappa shape index (κ1) is 23.7. The first-order valence-electron chi connectivity index (χ1n) is 9.62. The van der Waals surface area contributed by atoms with Crippen LogP contribution in [0.25, 0.3) is 0 Å². The van der Waals surface area contributed by atoms with Crippen LogP contribution in [-0.4, -0.2) is 33.7 Å². The molecule has 0 aliphatic carbocycles. The van der Waals surface area contributed by atoms with E-state index in [0.29, 0.717) is 17.1 Å². The first-order chi connectivity index (χ1) is 15.3. The van der Waals surface area contributed by atoms with E-state index in [9.17, 15) is 13.2 Å². The second-order valence-electron chi connectivity index (χ2n) is 6.76. The van der Waals surface area contributed by atoms with E-state index in [1.165, 1.54) is 12.1 Å². The quantitative estimate of drug-likeness (QED) is 0.255. The van der Waals surface area contributed by atoms with Crippen LogP contribution in [0.3, 0.4) is 0 Å². The molecule has 0 bridgehead atoms. The Morgan fingerprint density at radius 1 is 1.00 bits per heavy atom. The predicted octanol–water partition coefficient (Wildman–Crippen LogP) is 4.04. The van der Waals surface area contributed by atoms with Crippen LogP contribution in [-0.2, 0) is 14.8 Å². The van der Waals surface area contributed by atoms with E-state index < -0.39 is 22.5 Å². The lowest BCUT2D eigenvalue weighted by Crippen LogP contribution is -2.39. The molecule has 3 aromatic carbocycles. The Bertz CT molecular complexity index is 1200. The van der Waals surface area contributed by atoms with Gasteiger partial charge >= 0.3 is 0 Å². The fourth-order valence-corrected chi connectivity index (χ4v) is 4.65. The Morgan fingerprint density at radius 3 is 2.22 bits per heavy atom. The number of anilines is 1. The van der Waals surface area contributed by atoms with E-state index in [1.807, 2.05) is 12.1 Å². The Hall–Kier alpha value is -2.92. The van der Waals surface area contributed by atoms with Gasteiger partial charge in [-0.25, -0.2) is 13.8 Å². The Labute approximate surface area is 201 Å². The molecule has 0 aliphatic heterocycles. The van der Waals surface area contributed by atoms with Crippen LogP contribution in [0.1, 0.15) is 12.5 Å².